The van der Waals surface area contributed by atoms with Crippen molar-refractivity contribution in [1.29, 1.82) is 0 Å². The van der Waals surface area contributed by atoms with Crippen LogP contribution in [0.5, 0.6) is 0 Å². The van der Waals surface area contributed by atoms with Gasteiger partial charge in [-0.05, 0) is 6.42 Å². The molecule has 0 heterocycles. The molecule has 0 unspecified atom stereocenters. The lowest BCUT2D eigenvalue weighted by Gasteiger charge is -2.04. The maximum Gasteiger partial charge on any atom is 0.324 e. The van der Waals surface area contributed by atoms with E-state index in [0.29, 0.717) is 6.42 Å². The summed E-state index contributed by atoms with van der Waals surface area (Å²) in [5.74, 6) is 4.52. The molecule has 0 amide bonds. The molecule has 0 aromatic rings. The summed E-state index contributed by atoms with van der Waals surface area (Å²) in [4.78, 5) is 15.0. The van der Waals surface area contributed by atoms with Gasteiger partial charge in [0.05, 0.1) is 0 Å². The van der Waals surface area contributed by atoms with E-state index in [-0.39, 0.29) is 5.97 Å². The summed E-state index contributed by atoms with van der Waals surface area (Å²) in [5, 5.41) is 0. The Balaban J connectivity index is 3.00. The highest BCUT2D eigenvalue weighted by atomic mass is 16.7. The van der Waals surface area contributed by atoms with Crippen LogP contribution < -0.4 is 5.90 Å². The highest BCUT2D eigenvalue weighted by Crippen LogP contribution is 2.15. The predicted octanol–water partition coefficient (Wildman–Crippen LogP) is 7.62. The number of unbranched alkanes of at least 4 members (excludes halogenated alkanes) is 19. The normalized spacial score (nSPS) is 11.0. The first-order valence-corrected chi connectivity index (χ1v) is 11.7. The van der Waals surface area contributed by atoms with Crippen molar-refractivity contribution in [3.63, 3.8) is 0 Å². The summed E-state index contributed by atoms with van der Waals surface area (Å²) < 4.78 is 0. The molecule has 0 aromatic heterocycles. The molecule has 0 radical (unpaired) electrons. The van der Waals surface area contributed by atoms with E-state index in [1.807, 2.05) is 0 Å². The van der Waals surface area contributed by atoms with Gasteiger partial charge in [-0.25, -0.2) is 0 Å². The minimum atomic E-state index is -0.285. The average molecular weight is 370 g/mol. The van der Waals surface area contributed by atoms with E-state index in [0.717, 1.165) is 12.8 Å². The summed E-state index contributed by atoms with van der Waals surface area (Å²) in [6, 6.07) is 0. The third kappa shape index (κ3) is 21.5. The Hall–Kier alpha value is -0.570. The summed E-state index contributed by atoms with van der Waals surface area (Å²) in [6.07, 6.45) is 27.8. The Bertz CT molecular complexity index is 281. The number of nitrogens with two attached hydrogens (primary N) is 1. The first-order chi connectivity index (χ1) is 12.8. The topological polar surface area (TPSA) is 52.3 Å². The molecule has 3 nitrogen and oxygen atoms in total. The lowest BCUT2D eigenvalue weighted by atomic mass is 10.0. The number of carbonyl (C=O) groups excluding carboxylic acids is 1. The van der Waals surface area contributed by atoms with E-state index < -0.39 is 0 Å². The first-order valence-electron chi connectivity index (χ1n) is 11.7. The maximum atomic E-state index is 10.9. The fourth-order valence-electron chi connectivity index (χ4n) is 3.58. The first kappa shape index (κ1) is 25.4. The predicted molar refractivity (Wildman–Crippen MR) is 113 cm³/mol. The second kappa shape index (κ2) is 22.5. The molecule has 0 aromatic carbocycles. The fraction of sp³-hybridized carbons (Fsp3) is 0.957. The molecular weight excluding hydrogens is 322 g/mol. The molecule has 0 aliphatic heterocycles. The quantitative estimate of drug-likeness (QED) is 0.167. The Kier molecular flexibility index (Phi) is 22.0. The number of hydrogen-bond acceptors (Lipinski definition) is 3. The minimum absolute atomic E-state index is 0.285. The van der Waals surface area contributed by atoms with Crippen molar-refractivity contribution < 1.29 is 9.63 Å². The Morgan fingerprint density at radius 1 is 0.538 bits per heavy atom. The molecule has 0 rings (SSSR count). The number of carbonyl (C=O) groups is 1. The molecule has 156 valence electrons. The molecule has 0 aliphatic carbocycles. The summed E-state index contributed by atoms with van der Waals surface area (Å²) in [5.41, 5.74) is 0. The average Bonchev–Trinajstić information content (AvgIpc) is 2.66. The zero-order valence-electron chi connectivity index (χ0n) is 17.7. The Labute approximate surface area is 163 Å². The van der Waals surface area contributed by atoms with Gasteiger partial charge in [0.15, 0.2) is 0 Å². The van der Waals surface area contributed by atoms with Crippen LogP contribution in [0.15, 0.2) is 0 Å². The summed E-state index contributed by atoms with van der Waals surface area (Å²) in [7, 11) is 0. The standard InChI is InChI=1S/C23H47NO2/c1-2-3-4-5-6-7-8-9-10-11-12-13-14-15-16-17-18-19-20-21-22-23(25)26-24/h2-22,24H2,1H3. The molecular formula is C23H47NO2. The van der Waals surface area contributed by atoms with Crippen molar-refractivity contribution in [1.82, 2.24) is 0 Å². The van der Waals surface area contributed by atoms with Crippen molar-refractivity contribution in [3.05, 3.63) is 0 Å². The van der Waals surface area contributed by atoms with Crippen LogP contribution in [0.2, 0.25) is 0 Å². The van der Waals surface area contributed by atoms with Gasteiger partial charge in [-0.1, -0.05) is 129 Å². The third-order valence-electron chi connectivity index (χ3n) is 5.37. The van der Waals surface area contributed by atoms with E-state index in [4.69, 9.17) is 5.90 Å². The Morgan fingerprint density at radius 3 is 1.08 bits per heavy atom. The van der Waals surface area contributed by atoms with Gasteiger partial charge in [0.1, 0.15) is 0 Å². The summed E-state index contributed by atoms with van der Waals surface area (Å²) in [6.45, 7) is 2.29. The van der Waals surface area contributed by atoms with E-state index in [9.17, 15) is 4.79 Å². The molecule has 0 bridgehead atoms. The molecule has 0 saturated heterocycles. The van der Waals surface area contributed by atoms with E-state index in [1.165, 1.54) is 116 Å². The van der Waals surface area contributed by atoms with Crippen LogP contribution in [0.1, 0.15) is 142 Å². The van der Waals surface area contributed by atoms with Crippen molar-refractivity contribution in [3.8, 4) is 0 Å². The molecule has 0 aliphatic rings. The van der Waals surface area contributed by atoms with Gasteiger partial charge in [-0.3, -0.25) is 4.79 Å². The van der Waals surface area contributed by atoms with Crippen molar-refractivity contribution in [2.45, 2.75) is 142 Å². The van der Waals surface area contributed by atoms with E-state index in [2.05, 4.69) is 11.8 Å². The number of rotatable bonds is 21. The van der Waals surface area contributed by atoms with Crippen molar-refractivity contribution >= 4 is 5.97 Å². The summed E-state index contributed by atoms with van der Waals surface area (Å²) >= 11 is 0. The van der Waals surface area contributed by atoms with Crippen LogP contribution in [0.3, 0.4) is 0 Å². The van der Waals surface area contributed by atoms with Gasteiger partial charge in [-0.15, -0.1) is 0 Å². The molecule has 0 saturated carbocycles. The van der Waals surface area contributed by atoms with Crippen LogP contribution in [0.25, 0.3) is 0 Å². The molecule has 26 heavy (non-hydrogen) atoms. The lowest BCUT2D eigenvalue weighted by molar-refractivity contribution is -0.144. The van der Waals surface area contributed by atoms with Crippen LogP contribution in [0.4, 0.5) is 0 Å². The van der Waals surface area contributed by atoms with Crippen LogP contribution >= 0.6 is 0 Å². The fourth-order valence-corrected chi connectivity index (χ4v) is 3.58. The monoisotopic (exact) mass is 369 g/mol. The van der Waals surface area contributed by atoms with Gasteiger partial charge in [0.2, 0.25) is 0 Å². The van der Waals surface area contributed by atoms with Gasteiger partial charge in [0.25, 0.3) is 0 Å². The Morgan fingerprint density at radius 2 is 0.808 bits per heavy atom. The van der Waals surface area contributed by atoms with E-state index >= 15 is 0 Å². The van der Waals surface area contributed by atoms with Crippen LogP contribution in [0, 0.1) is 0 Å². The second-order valence-corrected chi connectivity index (χ2v) is 7.96. The van der Waals surface area contributed by atoms with Crippen LogP contribution in [-0.4, -0.2) is 5.97 Å². The molecule has 3 heteroatoms. The maximum absolute atomic E-state index is 10.9. The van der Waals surface area contributed by atoms with E-state index in [1.54, 1.807) is 0 Å². The van der Waals surface area contributed by atoms with Gasteiger partial charge in [0, 0.05) is 6.42 Å². The van der Waals surface area contributed by atoms with Gasteiger partial charge in [-0.2, -0.15) is 5.90 Å². The largest absolute Gasteiger partial charge is 0.373 e. The van der Waals surface area contributed by atoms with Crippen molar-refractivity contribution in [2.75, 3.05) is 0 Å². The number of hydrogen-bond donors (Lipinski definition) is 1. The molecule has 0 fully saturated rings. The molecule has 0 spiro atoms. The zero-order valence-corrected chi connectivity index (χ0v) is 17.7. The molecule has 0 atom stereocenters. The smallest absolute Gasteiger partial charge is 0.324 e. The SMILES string of the molecule is CCCCCCCCCCCCCCCCCCCCCCC(=O)ON. The van der Waals surface area contributed by atoms with Crippen LogP contribution in [-0.2, 0) is 9.63 Å². The lowest BCUT2D eigenvalue weighted by Crippen LogP contribution is -2.08. The van der Waals surface area contributed by atoms with Gasteiger partial charge < -0.3 is 4.84 Å². The highest BCUT2D eigenvalue weighted by molar-refractivity contribution is 5.68. The highest BCUT2D eigenvalue weighted by Gasteiger charge is 2.00. The van der Waals surface area contributed by atoms with Crippen molar-refractivity contribution in [2.24, 2.45) is 5.90 Å². The van der Waals surface area contributed by atoms with Gasteiger partial charge >= 0.3 is 5.97 Å². The molecule has 2 N–H and O–H groups in total. The second-order valence-electron chi connectivity index (χ2n) is 7.96. The minimum Gasteiger partial charge on any atom is -0.373 e. The zero-order chi connectivity index (χ0) is 19.1. The third-order valence-corrected chi connectivity index (χ3v) is 5.37.